The standard InChI is InChI=1S/C19H15ClN2O2S/c20-15-9-3-4-10-16(15)21-19(25)22-18(23)12-24-17-11-5-7-13-6-1-2-8-14(13)17/h1-11H,12H2,(H2,21,22,23,25). The topological polar surface area (TPSA) is 50.4 Å². The number of para-hydroxylation sites is 1. The molecular weight excluding hydrogens is 356 g/mol. The van der Waals surface area contributed by atoms with E-state index >= 15 is 0 Å². The molecule has 6 heteroatoms. The number of carbonyl (C=O) groups excluding carboxylic acids is 1. The number of thiocarbonyl (C=S) groups is 1. The van der Waals surface area contributed by atoms with Gasteiger partial charge in [-0.25, -0.2) is 0 Å². The van der Waals surface area contributed by atoms with E-state index in [4.69, 9.17) is 28.6 Å². The fourth-order valence-corrected chi connectivity index (χ4v) is 2.75. The van der Waals surface area contributed by atoms with E-state index in [1.165, 1.54) is 0 Å². The van der Waals surface area contributed by atoms with Crippen molar-refractivity contribution in [1.82, 2.24) is 5.32 Å². The molecule has 0 saturated carbocycles. The Labute approximate surface area is 155 Å². The van der Waals surface area contributed by atoms with Gasteiger partial charge >= 0.3 is 0 Å². The Balaban J connectivity index is 1.57. The van der Waals surface area contributed by atoms with Gasteiger partial charge in [0.1, 0.15) is 5.75 Å². The maximum absolute atomic E-state index is 12.0. The van der Waals surface area contributed by atoms with Gasteiger partial charge in [-0.3, -0.25) is 10.1 Å². The molecule has 2 N–H and O–H groups in total. The molecule has 3 rings (SSSR count). The molecule has 3 aromatic carbocycles. The molecule has 3 aromatic rings. The quantitative estimate of drug-likeness (QED) is 0.669. The van der Waals surface area contributed by atoms with Crippen molar-refractivity contribution in [3.63, 3.8) is 0 Å². The molecular formula is C19H15ClN2O2S. The van der Waals surface area contributed by atoms with Crippen LogP contribution in [0.2, 0.25) is 5.02 Å². The summed E-state index contributed by atoms with van der Waals surface area (Å²) >= 11 is 11.2. The molecule has 0 bridgehead atoms. The second-order valence-corrected chi connectivity index (χ2v) is 6.06. The Bertz CT molecular complexity index is 925. The highest BCUT2D eigenvalue weighted by atomic mass is 35.5. The predicted molar refractivity (Wildman–Crippen MR) is 105 cm³/mol. The smallest absolute Gasteiger partial charge is 0.264 e. The molecule has 4 nitrogen and oxygen atoms in total. The fourth-order valence-electron chi connectivity index (χ4n) is 2.34. The van der Waals surface area contributed by atoms with Crippen LogP contribution in [0.4, 0.5) is 5.69 Å². The van der Waals surface area contributed by atoms with E-state index in [-0.39, 0.29) is 17.6 Å². The molecule has 0 aliphatic rings. The lowest BCUT2D eigenvalue weighted by atomic mass is 10.1. The summed E-state index contributed by atoms with van der Waals surface area (Å²) in [7, 11) is 0. The fraction of sp³-hybridized carbons (Fsp3) is 0.0526. The van der Waals surface area contributed by atoms with Crippen molar-refractivity contribution in [2.45, 2.75) is 0 Å². The Kier molecular flexibility index (Phi) is 5.48. The number of amides is 1. The third kappa shape index (κ3) is 4.47. The molecule has 0 aliphatic heterocycles. The van der Waals surface area contributed by atoms with E-state index in [9.17, 15) is 4.79 Å². The van der Waals surface area contributed by atoms with Gasteiger partial charge in [-0.2, -0.15) is 0 Å². The van der Waals surface area contributed by atoms with Gasteiger partial charge in [0.25, 0.3) is 5.91 Å². The van der Waals surface area contributed by atoms with Crippen LogP contribution in [0.3, 0.4) is 0 Å². The summed E-state index contributed by atoms with van der Waals surface area (Å²) in [6.45, 7) is -0.141. The van der Waals surface area contributed by atoms with E-state index < -0.39 is 0 Å². The first-order valence-electron chi connectivity index (χ1n) is 7.59. The lowest BCUT2D eigenvalue weighted by Gasteiger charge is -2.12. The Morgan fingerprint density at radius 2 is 1.72 bits per heavy atom. The number of ether oxygens (including phenoxy) is 1. The van der Waals surface area contributed by atoms with E-state index in [2.05, 4.69) is 10.6 Å². The van der Waals surface area contributed by atoms with E-state index in [0.29, 0.717) is 16.5 Å². The van der Waals surface area contributed by atoms with Crippen molar-refractivity contribution in [2.24, 2.45) is 0 Å². The minimum atomic E-state index is -0.350. The maximum Gasteiger partial charge on any atom is 0.264 e. The first-order valence-corrected chi connectivity index (χ1v) is 8.38. The van der Waals surface area contributed by atoms with Gasteiger partial charge in [0.15, 0.2) is 11.7 Å². The first-order chi connectivity index (χ1) is 12.1. The molecule has 0 aliphatic carbocycles. The third-order valence-electron chi connectivity index (χ3n) is 3.48. The van der Waals surface area contributed by atoms with Gasteiger partial charge in [0, 0.05) is 5.39 Å². The Morgan fingerprint density at radius 3 is 2.56 bits per heavy atom. The van der Waals surface area contributed by atoms with Gasteiger partial charge < -0.3 is 10.1 Å². The number of anilines is 1. The number of carbonyl (C=O) groups is 1. The first kappa shape index (κ1) is 17.2. The molecule has 0 unspecified atom stereocenters. The molecule has 126 valence electrons. The molecule has 0 saturated heterocycles. The molecule has 0 atom stereocenters. The van der Waals surface area contributed by atoms with Gasteiger partial charge in [0.2, 0.25) is 0 Å². The average Bonchev–Trinajstić information content (AvgIpc) is 2.62. The number of halogens is 1. The van der Waals surface area contributed by atoms with Crippen molar-refractivity contribution in [2.75, 3.05) is 11.9 Å². The highest BCUT2D eigenvalue weighted by Crippen LogP contribution is 2.25. The van der Waals surface area contributed by atoms with Crippen molar-refractivity contribution in [3.8, 4) is 5.75 Å². The zero-order chi connectivity index (χ0) is 17.6. The summed E-state index contributed by atoms with van der Waals surface area (Å²) in [5.74, 6) is 0.302. The zero-order valence-corrected chi connectivity index (χ0v) is 14.7. The number of hydrogen-bond acceptors (Lipinski definition) is 3. The highest BCUT2D eigenvalue weighted by Gasteiger charge is 2.09. The largest absolute Gasteiger partial charge is 0.483 e. The number of fused-ring (bicyclic) bond motifs is 1. The van der Waals surface area contributed by atoms with Crippen molar-refractivity contribution < 1.29 is 9.53 Å². The number of nitrogens with one attached hydrogen (secondary N) is 2. The summed E-state index contributed by atoms with van der Waals surface area (Å²) in [4.78, 5) is 12.0. The Morgan fingerprint density at radius 1 is 1.00 bits per heavy atom. The van der Waals surface area contributed by atoms with Crippen molar-refractivity contribution >= 4 is 51.3 Å². The zero-order valence-electron chi connectivity index (χ0n) is 13.2. The minimum absolute atomic E-state index is 0.141. The maximum atomic E-state index is 12.0. The minimum Gasteiger partial charge on any atom is -0.483 e. The van der Waals surface area contributed by atoms with E-state index in [0.717, 1.165) is 10.8 Å². The second-order valence-electron chi connectivity index (χ2n) is 5.25. The Hall–Kier alpha value is -2.63. The molecule has 0 fully saturated rings. The summed E-state index contributed by atoms with van der Waals surface area (Å²) in [5.41, 5.74) is 0.629. The van der Waals surface area contributed by atoms with Crippen LogP contribution in [-0.4, -0.2) is 17.6 Å². The number of rotatable bonds is 4. The SMILES string of the molecule is O=C(COc1cccc2ccccc12)NC(=S)Nc1ccccc1Cl. The molecule has 1 amide bonds. The number of hydrogen-bond donors (Lipinski definition) is 2. The van der Waals surface area contributed by atoms with Crippen molar-refractivity contribution in [1.29, 1.82) is 0 Å². The van der Waals surface area contributed by atoms with Gasteiger partial charge in [-0.15, -0.1) is 0 Å². The molecule has 25 heavy (non-hydrogen) atoms. The molecule has 0 aromatic heterocycles. The lowest BCUT2D eigenvalue weighted by Crippen LogP contribution is -2.37. The summed E-state index contributed by atoms with van der Waals surface area (Å²) in [6.07, 6.45) is 0. The normalized spacial score (nSPS) is 10.3. The van der Waals surface area contributed by atoms with Crippen LogP contribution < -0.4 is 15.4 Å². The van der Waals surface area contributed by atoms with Crippen LogP contribution in [0.25, 0.3) is 10.8 Å². The van der Waals surface area contributed by atoms with Gasteiger partial charge in [-0.05, 0) is 35.8 Å². The van der Waals surface area contributed by atoms with Crippen LogP contribution in [0.1, 0.15) is 0 Å². The van der Waals surface area contributed by atoms with Crippen LogP contribution in [0, 0.1) is 0 Å². The monoisotopic (exact) mass is 370 g/mol. The van der Waals surface area contributed by atoms with E-state index in [1.807, 2.05) is 54.6 Å². The molecule has 0 heterocycles. The molecule has 0 radical (unpaired) electrons. The highest BCUT2D eigenvalue weighted by molar-refractivity contribution is 7.80. The van der Waals surface area contributed by atoms with Crippen LogP contribution in [0.5, 0.6) is 5.75 Å². The van der Waals surface area contributed by atoms with E-state index in [1.54, 1.807) is 12.1 Å². The summed E-state index contributed by atoms with van der Waals surface area (Å²) < 4.78 is 5.63. The third-order valence-corrected chi connectivity index (χ3v) is 4.02. The van der Waals surface area contributed by atoms with Crippen LogP contribution in [-0.2, 0) is 4.79 Å². The van der Waals surface area contributed by atoms with Gasteiger partial charge in [0.05, 0.1) is 10.7 Å². The van der Waals surface area contributed by atoms with Crippen LogP contribution >= 0.6 is 23.8 Å². The number of benzene rings is 3. The lowest BCUT2D eigenvalue weighted by molar-refractivity contribution is -0.121. The average molecular weight is 371 g/mol. The summed E-state index contributed by atoms with van der Waals surface area (Å²) in [5, 5.41) is 8.14. The van der Waals surface area contributed by atoms with Crippen molar-refractivity contribution in [3.05, 3.63) is 71.8 Å². The van der Waals surface area contributed by atoms with Crippen LogP contribution in [0.15, 0.2) is 66.7 Å². The summed E-state index contributed by atoms with van der Waals surface area (Å²) in [6, 6.07) is 20.7. The van der Waals surface area contributed by atoms with Gasteiger partial charge in [-0.1, -0.05) is 60.1 Å². The molecule has 0 spiro atoms. The predicted octanol–water partition coefficient (Wildman–Crippen LogP) is 4.39. The second kappa shape index (κ2) is 7.96.